The summed E-state index contributed by atoms with van der Waals surface area (Å²) in [5.41, 5.74) is 0. The van der Waals surface area contributed by atoms with Gasteiger partial charge in [0.25, 0.3) is 5.91 Å². The summed E-state index contributed by atoms with van der Waals surface area (Å²) < 4.78 is 40.7. The summed E-state index contributed by atoms with van der Waals surface area (Å²) in [6, 6.07) is 0.203. The SMILES string of the molecule is C[C@H](NC(=O)c1ccc(C(F)(F)F)o1)C(=O)O. The van der Waals surface area contributed by atoms with Crippen LogP contribution in [0.25, 0.3) is 0 Å². The van der Waals surface area contributed by atoms with E-state index in [-0.39, 0.29) is 0 Å². The maximum absolute atomic E-state index is 12.1. The first-order chi connectivity index (χ1) is 7.71. The minimum absolute atomic E-state index is 0.592. The minimum Gasteiger partial charge on any atom is -0.480 e. The van der Waals surface area contributed by atoms with E-state index in [1.54, 1.807) is 0 Å². The number of halogens is 3. The first kappa shape index (κ1) is 13.1. The van der Waals surface area contributed by atoms with Gasteiger partial charge in [0.2, 0.25) is 5.76 Å². The van der Waals surface area contributed by atoms with Crippen LogP contribution in [0.5, 0.6) is 0 Å². The van der Waals surface area contributed by atoms with Gasteiger partial charge in [0.1, 0.15) is 6.04 Å². The Morgan fingerprint density at radius 1 is 1.41 bits per heavy atom. The number of hydrogen-bond acceptors (Lipinski definition) is 3. The Balaban J connectivity index is 2.78. The Labute approximate surface area is 93.2 Å². The van der Waals surface area contributed by atoms with Crippen molar-refractivity contribution >= 4 is 11.9 Å². The summed E-state index contributed by atoms with van der Waals surface area (Å²) in [5, 5.41) is 10.4. The molecule has 0 aliphatic heterocycles. The van der Waals surface area contributed by atoms with E-state index in [4.69, 9.17) is 5.11 Å². The fourth-order valence-electron chi connectivity index (χ4n) is 0.942. The average Bonchev–Trinajstić information content (AvgIpc) is 2.65. The number of carboxylic acids is 1. The quantitative estimate of drug-likeness (QED) is 0.853. The molecule has 17 heavy (non-hydrogen) atoms. The van der Waals surface area contributed by atoms with Gasteiger partial charge >= 0.3 is 12.1 Å². The van der Waals surface area contributed by atoms with Crippen molar-refractivity contribution in [2.24, 2.45) is 0 Å². The van der Waals surface area contributed by atoms with Crippen LogP contribution in [0.3, 0.4) is 0 Å². The number of rotatable bonds is 3. The van der Waals surface area contributed by atoms with E-state index < -0.39 is 35.6 Å². The van der Waals surface area contributed by atoms with Gasteiger partial charge < -0.3 is 14.8 Å². The van der Waals surface area contributed by atoms with E-state index in [1.807, 2.05) is 5.32 Å². The van der Waals surface area contributed by atoms with Crippen molar-refractivity contribution in [2.45, 2.75) is 19.1 Å². The van der Waals surface area contributed by atoms with Crippen LogP contribution in [0.1, 0.15) is 23.2 Å². The zero-order valence-corrected chi connectivity index (χ0v) is 8.54. The zero-order valence-electron chi connectivity index (χ0n) is 8.54. The van der Waals surface area contributed by atoms with Gasteiger partial charge in [-0.05, 0) is 19.1 Å². The monoisotopic (exact) mass is 251 g/mol. The molecule has 1 heterocycles. The van der Waals surface area contributed by atoms with Crippen molar-refractivity contribution < 1.29 is 32.3 Å². The van der Waals surface area contributed by atoms with Gasteiger partial charge in [-0.15, -0.1) is 0 Å². The zero-order chi connectivity index (χ0) is 13.2. The average molecular weight is 251 g/mol. The van der Waals surface area contributed by atoms with E-state index in [9.17, 15) is 22.8 Å². The largest absolute Gasteiger partial charge is 0.480 e. The van der Waals surface area contributed by atoms with E-state index in [1.165, 1.54) is 6.92 Å². The van der Waals surface area contributed by atoms with Crippen LogP contribution in [0, 0.1) is 0 Å². The Morgan fingerprint density at radius 3 is 2.41 bits per heavy atom. The molecule has 1 aromatic heterocycles. The summed E-state index contributed by atoms with van der Waals surface area (Å²) in [6.07, 6.45) is -4.68. The van der Waals surface area contributed by atoms with E-state index in [2.05, 4.69) is 4.42 Å². The number of amides is 1. The second-order valence-corrected chi connectivity index (χ2v) is 3.20. The lowest BCUT2D eigenvalue weighted by molar-refractivity contribution is -0.153. The third-order valence-electron chi connectivity index (χ3n) is 1.83. The first-order valence-corrected chi connectivity index (χ1v) is 4.42. The number of hydrogen-bond donors (Lipinski definition) is 2. The van der Waals surface area contributed by atoms with Gasteiger partial charge in [0, 0.05) is 0 Å². The third kappa shape index (κ3) is 3.23. The molecule has 1 atom stereocenters. The number of aliphatic carboxylic acids is 1. The van der Waals surface area contributed by atoms with E-state index >= 15 is 0 Å². The maximum Gasteiger partial charge on any atom is 0.449 e. The van der Waals surface area contributed by atoms with Gasteiger partial charge in [-0.3, -0.25) is 9.59 Å². The molecular formula is C9H8F3NO4. The Hall–Kier alpha value is -1.99. The molecule has 0 aromatic carbocycles. The Bertz CT molecular complexity index is 438. The maximum atomic E-state index is 12.1. The Kier molecular flexibility index (Phi) is 3.45. The predicted octanol–water partition coefficient (Wildman–Crippen LogP) is 1.50. The molecule has 5 nitrogen and oxygen atoms in total. The predicted molar refractivity (Wildman–Crippen MR) is 48.3 cm³/mol. The van der Waals surface area contributed by atoms with Crippen LogP contribution in [0.4, 0.5) is 13.2 Å². The molecule has 0 unspecified atom stereocenters. The molecule has 8 heteroatoms. The van der Waals surface area contributed by atoms with Crippen LogP contribution >= 0.6 is 0 Å². The summed E-state index contributed by atoms with van der Waals surface area (Å²) in [6.45, 7) is 1.17. The number of alkyl halides is 3. The molecule has 1 aromatic rings. The lowest BCUT2D eigenvalue weighted by Crippen LogP contribution is -2.38. The second kappa shape index (κ2) is 4.48. The Morgan fingerprint density at radius 2 is 2.00 bits per heavy atom. The smallest absolute Gasteiger partial charge is 0.449 e. The minimum atomic E-state index is -4.68. The molecule has 0 saturated carbocycles. The molecule has 0 fully saturated rings. The van der Waals surface area contributed by atoms with Gasteiger partial charge in [-0.25, -0.2) is 0 Å². The van der Waals surface area contributed by atoms with Crippen molar-refractivity contribution in [3.63, 3.8) is 0 Å². The van der Waals surface area contributed by atoms with Gasteiger partial charge in [0.05, 0.1) is 0 Å². The second-order valence-electron chi connectivity index (χ2n) is 3.20. The van der Waals surface area contributed by atoms with Crippen molar-refractivity contribution in [1.29, 1.82) is 0 Å². The highest BCUT2D eigenvalue weighted by molar-refractivity contribution is 5.94. The molecule has 1 amide bonds. The third-order valence-corrected chi connectivity index (χ3v) is 1.83. The van der Waals surface area contributed by atoms with Gasteiger partial charge in [0.15, 0.2) is 5.76 Å². The standard InChI is InChI=1S/C9H8F3NO4/c1-4(8(15)16)13-7(14)5-2-3-6(17-5)9(10,11)12/h2-4H,1H3,(H,13,14)(H,15,16)/t4-/m0/s1. The highest BCUT2D eigenvalue weighted by atomic mass is 19.4. The van der Waals surface area contributed by atoms with Gasteiger partial charge in [-0.1, -0.05) is 0 Å². The summed E-state index contributed by atoms with van der Waals surface area (Å²) in [4.78, 5) is 21.7. The lowest BCUT2D eigenvalue weighted by Gasteiger charge is -2.07. The molecule has 0 saturated heterocycles. The normalized spacial score (nSPS) is 13.2. The number of carboxylic acid groups (broad SMARTS) is 1. The molecule has 1 rings (SSSR count). The van der Waals surface area contributed by atoms with Crippen molar-refractivity contribution in [3.8, 4) is 0 Å². The molecule has 94 valence electrons. The number of carbonyl (C=O) groups is 2. The highest BCUT2D eigenvalue weighted by Crippen LogP contribution is 2.30. The lowest BCUT2D eigenvalue weighted by atomic mass is 10.3. The molecule has 0 bridgehead atoms. The van der Waals surface area contributed by atoms with Crippen molar-refractivity contribution in [1.82, 2.24) is 5.32 Å². The number of furan rings is 1. The molecule has 0 spiro atoms. The summed E-state index contributed by atoms with van der Waals surface area (Å²) >= 11 is 0. The molecule has 0 aliphatic rings. The number of nitrogens with one attached hydrogen (secondary N) is 1. The van der Waals surface area contributed by atoms with Crippen LogP contribution in [0.2, 0.25) is 0 Å². The fourth-order valence-corrected chi connectivity index (χ4v) is 0.942. The topological polar surface area (TPSA) is 79.5 Å². The van der Waals surface area contributed by atoms with Crippen molar-refractivity contribution in [3.05, 3.63) is 23.7 Å². The van der Waals surface area contributed by atoms with Gasteiger partial charge in [-0.2, -0.15) is 13.2 Å². The van der Waals surface area contributed by atoms with E-state index in [0.29, 0.717) is 6.07 Å². The van der Waals surface area contributed by atoms with Crippen LogP contribution in [0.15, 0.2) is 16.5 Å². The van der Waals surface area contributed by atoms with Crippen LogP contribution < -0.4 is 5.32 Å². The molecule has 0 aliphatic carbocycles. The fraction of sp³-hybridized carbons (Fsp3) is 0.333. The number of carbonyl (C=O) groups excluding carboxylic acids is 1. The van der Waals surface area contributed by atoms with Crippen LogP contribution in [-0.4, -0.2) is 23.0 Å². The highest BCUT2D eigenvalue weighted by Gasteiger charge is 2.35. The molecule has 2 N–H and O–H groups in total. The molecular weight excluding hydrogens is 243 g/mol. The first-order valence-electron chi connectivity index (χ1n) is 4.42. The van der Waals surface area contributed by atoms with Crippen molar-refractivity contribution in [2.75, 3.05) is 0 Å². The van der Waals surface area contributed by atoms with E-state index in [0.717, 1.165) is 6.07 Å². The van der Waals surface area contributed by atoms with Crippen LogP contribution in [-0.2, 0) is 11.0 Å². The summed E-state index contributed by atoms with van der Waals surface area (Å²) in [7, 11) is 0. The molecule has 0 radical (unpaired) electrons. The summed E-state index contributed by atoms with van der Waals surface area (Å²) in [5.74, 6) is -4.23.